The number of urea groups is 1. The average Bonchev–Trinajstić information content (AvgIpc) is 3.20. The lowest BCUT2D eigenvalue weighted by molar-refractivity contribution is -0.117. The van der Waals surface area contributed by atoms with E-state index in [-0.39, 0.29) is 23.7 Å². The van der Waals surface area contributed by atoms with Gasteiger partial charge in [0.05, 0.1) is 18.4 Å². The molecule has 2 aromatic rings. The molecule has 0 spiro atoms. The highest BCUT2D eigenvalue weighted by atomic mass is 32.2. The van der Waals surface area contributed by atoms with E-state index < -0.39 is 11.9 Å². The van der Waals surface area contributed by atoms with Gasteiger partial charge in [-0.15, -0.1) is 10.2 Å². The average molecular weight is 419 g/mol. The number of carbonyl (C=O) groups is 2. The molecule has 1 atom stereocenters. The third kappa shape index (κ3) is 5.33. The molecular weight excluding hydrogens is 397 g/mol. The second-order valence-corrected chi connectivity index (χ2v) is 8.09. The maximum atomic E-state index is 13.3. The predicted octanol–water partition coefficient (Wildman–Crippen LogP) is 2.34. The van der Waals surface area contributed by atoms with Crippen molar-refractivity contribution in [3.05, 3.63) is 30.1 Å². The lowest BCUT2D eigenvalue weighted by Crippen LogP contribution is -2.41. The summed E-state index contributed by atoms with van der Waals surface area (Å²) in [5.74, 6) is -0.0988. The van der Waals surface area contributed by atoms with E-state index in [1.165, 1.54) is 23.9 Å². The van der Waals surface area contributed by atoms with Crippen LogP contribution in [-0.4, -0.2) is 51.2 Å². The van der Waals surface area contributed by atoms with Crippen molar-refractivity contribution in [2.24, 2.45) is 0 Å². The van der Waals surface area contributed by atoms with Crippen LogP contribution in [-0.2, 0) is 16.1 Å². The lowest BCUT2D eigenvalue weighted by atomic mass is 10.2. The number of amides is 3. The van der Waals surface area contributed by atoms with E-state index in [4.69, 9.17) is 4.74 Å². The van der Waals surface area contributed by atoms with Crippen LogP contribution in [0.1, 0.15) is 25.7 Å². The van der Waals surface area contributed by atoms with Gasteiger partial charge in [-0.3, -0.25) is 14.7 Å². The number of thioether (sulfide) groups is 1. The first-order valence-electron chi connectivity index (χ1n) is 9.62. The molecule has 1 saturated heterocycles. The SMILES string of the molecule is O=C(CSc1nnc(-c2ccc(F)cc2)n1C[C@H]1CCCO1)NC(=O)NC1CC1. The fourth-order valence-electron chi connectivity index (χ4n) is 3.11. The lowest BCUT2D eigenvalue weighted by Gasteiger charge is -2.14. The Morgan fingerprint density at radius 1 is 1.21 bits per heavy atom. The minimum Gasteiger partial charge on any atom is -0.376 e. The Balaban J connectivity index is 1.45. The molecule has 154 valence electrons. The number of hydrogen-bond acceptors (Lipinski definition) is 6. The van der Waals surface area contributed by atoms with E-state index in [1.807, 2.05) is 4.57 Å². The van der Waals surface area contributed by atoms with Crippen molar-refractivity contribution in [3.63, 3.8) is 0 Å². The van der Waals surface area contributed by atoms with Crippen LogP contribution < -0.4 is 10.6 Å². The van der Waals surface area contributed by atoms with Crippen molar-refractivity contribution in [3.8, 4) is 11.4 Å². The number of aromatic nitrogens is 3. The van der Waals surface area contributed by atoms with Crippen LogP contribution in [0.5, 0.6) is 0 Å². The van der Waals surface area contributed by atoms with Crippen LogP contribution >= 0.6 is 11.8 Å². The minimum absolute atomic E-state index is 0.0329. The molecule has 10 heteroatoms. The zero-order valence-electron chi connectivity index (χ0n) is 15.8. The Bertz CT molecular complexity index is 878. The Morgan fingerprint density at radius 2 is 2.00 bits per heavy atom. The first-order chi connectivity index (χ1) is 14.1. The predicted molar refractivity (Wildman–Crippen MR) is 105 cm³/mol. The molecular formula is C19H22FN5O3S. The summed E-state index contributed by atoms with van der Waals surface area (Å²) in [6.45, 7) is 1.27. The van der Waals surface area contributed by atoms with Gasteiger partial charge >= 0.3 is 6.03 Å². The fourth-order valence-corrected chi connectivity index (χ4v) is 3.85. The molecule has 3 amide bonds. The molecule has 1 aliphatic carbocycles. The number of ether oxygens (including phenoxy) is 1. The summed E-state index contributed by atoms with van der Waals surface area (Å²) in [6, 6.07) is 5.76. The summed E-state index contributed by atoms with van der Waals surface area (Å²) in [6.07, 6.45) is 3.89. The van der Waals surface area contributed by atoms with E-state index in [2.05, 4.69) is 20.8 Å². The van der Waals surface area contributed by atoms with E-state index >= 15 is 0 Å². The van der Waals surface area contributed by atoms with Crippen LogP contribution in [0.15, 0.2) is 29.4 Å². The van der Waals surface area contributed by atoms with Gasteiger partial charge in [0, 0.05) is 18.2 Å². The van der Waals surface area contributed by atoms with Gasteiger partial charge in [0.15, 0.2) is 11.0 Å². The van der Waals surface area contributed by atoms with Crippen LogP contribution in [0.3, 0.4) is 0 Å². The first kappa shape index (κ1) is 19.8. The third-order valence-electron chi connectivity index (χ3n) is 4.73. The molecule has 2 aliphatic rings. The molecule has 0 bridgehead atoms. The minimum atomic E-state index is -0.467. The third-order valence-corrected chi connectivity index (χ3v) is 5.69. The van der Waals surface area contributed by atoms with Gasteiger partial charge in [-0.05, 0) is 49.9 Å². The van der Waals surface area contributed by atoms with Crippen LogP contribution in [0.25, 0.3) is 11.4 Å². The number of rotatable bonds is 7. The fraction of sp³-hybridized carbons (Fsp3) is 0.474. The zero-order valence-corrected chi connectivity index (χ0v) is 16.6. The number of nitrogens with zero attached hydrogens (tertiary/aromatic N) is 3. The molecule has 2 fully saturated rings. The highest BCUT2D eigenvalue weighted by molar-refractivity contribution is 7.99. The largest absolute Gasteiger partial charge is 0.376 e. The number of benzene rings is 1. The molecule has 2 N–H and O–H groups in total. The van der Waals surface area contributed by atoms with Crippen molar-refractivity contribution >= 4 is 23.7 Å². The number of hydrogen-bond donors (Lipinski definition) is 2. The van der Waals surface area contributed by atoms with Crippen molar-refractivity contribution < 1.29 is 18.7 Å². The van der Waals surface area contributed by atoms with Gasteiger partial charge in [0.2, 0.25) is 5.91 Å². The quantitative estimate of drug-likeness (QED) is 0.669. The molecule has 2 heterocycles. The van der Waals surface area contributed by atoms with Gasteiger partial charge in [-0.25, -0.2) is 9.18 Å². The summed E-state index contributed by atoms with van der Waals surface area (Å²) >= 11 is 1.20. The summed E-state index contributed by atoms with van der Waals surface area (Å²) in [7, 11) is 0. The standard InChI is InChI=1S/C19H22FN5O3S/c20-13-5-3-12(4-6-13)17-23-24-19(25(17)10-15-2-1-9-28-15)29-11-16(26)22-18(27)21-14-7-8-14/h3-6,14-15H,1-2,7-11H2,(H2,21,22,26,27)/t15-/m1/s1. The monoisotopic (exact) mass is 419 g/mol. The smallest absolute Gasteiger partial charge is 0.321 e. The van der Waals surface area contributed by atoms with E-state index in [1.54, 1.807) is 12.1 Å². The van der Waals surface area contributed by atoms with Crippen molar-refractivity contribution in [2.45, 2.75) is 49.5 Å². The molecule has 1 saturated carbocycles. The van der Waals surface area contributed by atoms with Gasteiger partial charge in [-0.2, -0.15) is 0 Å². The normalized spacial score (nSPS) is 18.6. The Hall–Kier alpha value is -2.46. The molecule has 4 rings (SSSR count). The van der Waals surface area contributed by atoms with Gasteiger partial charge in [0.25, 0.3) is 0 Å². The molecule has 1 aliphatic heterocycles. The molecule has 29 heavy (non-hydrogen) atoms. The highest BCUT2D eigenvalue weighted by Crippen LogP contribution is 2.26. The number of halogens is 1. The van der Waals surface area contributed by atoms with Crippen molar-refractivity contribution in [1.29, 1.82) is 0 Å². The van der Waals surface area contributed by atoms with Gasteiger partial charge in [-0.1, -0.05) is 11.8 Å². The summed E-state index contributed by atoms with van der Waals surface area (Å²) < 4.78 is 20.9. The Labute approximate surface area is 171 Å². The maximum Gasteiger partial charge on any atom is 0.321 e. The first-order valence-corrected chi connectivity index (χ1v) is 10.6. The zero-order chi connectivity index (χ0) is 20.2. The van der Waals surface area contributed by atoms with Gasteiger partial charge in [0.1, 0.15) is 5.82 Å². The molecule has 1 aromatic heterocycles. The topological polar surface area (TPSA) is 98.1 Å². The number of carbonyl (C=O) groups excluding carboxylic acids is 2. The van der Waals surface area contributed by atoms with Crippen molar-refractivity contribution in [2.75, 3.05) is 12.4 Å². The molecule has 0 radical (unpaired) electrons. The van der Waals surface area contributed by atoms with E-state index in [0.29, 0.717) is 17.5 Å². The molecule has 1 aromatic carbocycles. The Kier molecular flexibility index (Phi) is 6.10. The molecule has 0 unspecified atom stereocenters. The Morgan fingerprint density at radius 3 is 2.69 bits per heavy atom. The van der Waals surface area contributed by atoms with Crippen molar-refractivity contribution in [1.82, 2.24) is 25.4 Å². The molecule has 8 nitrogen and oxygen atoms in total. The van der Waals surface area contributed by atoms with Crippen LogP contribution in [0.4, 0.5) is 9.18 Å². The number of nitrogens with one attached hydrogen (secondary N) is 2. The second-order valence-electron chi connectivity index (χ2n) is 7.14. The highest BCUT2D eigenvalue weighted by Gasteiger charge is 2.25. The van der Waals surface area contributed by atoms with E-state index in [0.717, 1.165) is 37.9 Å². The van der Waals surface area contributed by atoms with Crippen LogP contribution in [0, 0.1) is 5.82 Å². The maximum absolute atomic E-state index is 13.3. The summed E-state index contributed by atoms with van der Waals surface area (Å²) in [5.41, 5.74) is 0.733. The van der Waals surface area contributed by atoms with Gasteiger partial charge < -0.3 is 10.1 Å². The number of imide groups is 1. The van der Waals surface area contributed by atoms with E-state index in [9.17, 15) is 14.0 Å². The summed E-state index contributed by atoms with van der Waals surface area (Å²) in [5, 5.41) is 14.1. The second kappa shape index (κ2) is 8.91. The summed E-state index contributed by atoms with van der Waals surface area (Å²) in [4.78, 5) is 23.8. The van der Waals surface area contributed by atoms with Crippen LogP contribution in [0.2, 0.25) is 0 Å².